The Morgan fingerprint density at radius 3 is 1.94 bits per heavy atom. The van der Waals surface area contributed by atoms with Crippen molar-refractivity contribution in [1.29, 1.82) is 0 Å². The molecule has 1 heterocycles. The highest BCUT2D eigenvalue weighted by atomic mass is 16.5. The van der Waals surface area contributed by atoms with Gasteiger partial charge in [-0.1, -0.05) is 60.7 Å². The molecule has 0 aliphatic carbocycles. The SMILES string of the molecule is CCOC(=O)C1=C(C(=O)OCC)N(c2ccc(OC)cc2)C(c2ccccc2)=CC1c1ccccc1. The van der Waals surface area contributed by atoms with Crippen molar-refractivity contribution >= 4 is 23.3 Å². The van der Waals surface area contributed by atoms with Crippen LogP contribution in [0, 0.1) is 0 Å². The first kappa shape index (κ1) is 24.8. The minimum absolute atomic E-state index is 0.135. The molecule has 0 fully saturated rings. The zero-order valence-electron chi connectivity index (χ0n) is 20.6. The summed E-state index contributed by atoms with van der Waals surface area (Å²) in [5.74, 6) is -1.00. The second-order valence-corrected chi connectivity index (χ2v) is 8.04. The summed E-state index contributed by atoms with van der Waals surface area (Å²) < 4.78 is 16.3. The van der Waals surface area contributed by atoms with Gasteiger partial charge in [-0.3, -0.25) is 0 Å². The molecule has 0 spiro atoms. The largest absolute Gasteiger partial charge is 0.497 e. The first-order valence-electron chi connectivity index (χ1n) is 11.9. The molecule has 0 bridgehead atoms. The third kappa shape index (κ3) is 5.03. The predicted octanol–water partition coefficient (Wildman–Crippen LogP) is 5.72. The Kier molecular flexibility index (Phi) is 7.85. The zero-order chi connectivity index (χ0) is 25.5. The molecule has 36 heavy (non-hydrogen) atoms. The van der Waals surface area contributed by atoms with Gasteiger partial charge < -0.3 is 19.1 Å². The molecule has 1 aliphatic rings. The summed E-state index contributed by atoms with van der Waals surface area (Å²) in [6.07, 6.45) is 2.00. The summed E-state index contributed by atoms with van der Waals surface area (Å²) in [7, 11) is 1.60. The first-order chi connectivity index (χ1) is 17.6. The normalized spacial score (nSPS) is 15.2. The van der Waals surface area contributed by atoms with Crippen molar-refractivity contribution in [2.24, 2.45) is 0 Å². The van der Waals surface area contributed by atoms with E-state index in [1.165, 1.54) is 0 Å². The first-order valence-corrected chi connectivity index (χ1v) is 11.9. The third-order valence-corrected chi connectivity index (χ3v) is 5.88. The summed E-state index contributed by atoms with van der Waals surface area (Å²) in [6, 6.07) is 26.7. The highest BCUT2D eigenvalue weighted by Gasteiger charge is 2.39. The Balaban J connectivity index is 2.04. The molecule has 0 aromatic heterocycles. The molecule has 6 heteroatoms. The molecule has 0 radical (unpaired) electrons. The monoisotopic (exact) mass is 483 g/mol. The lowest BCUT2D eigenvalue weighted by Crippen LogP contribution is -2.36. The number of hydrogen-bond donors (Lipinski definition) is 0. The van der Waals surface area contributed by atoms with Crippen LogP contribution < -0.4 is 9.64 Å². The molecule has 0 amide bonds. The molecule has 0 saturated heterocycles. The average molecular weight is 484 g/mol. The number of anilines is 1. The Morgan fingerprint density at radius 1 is 0.778 bits per heavy atom. The van der Waals surface area contributed by atoms with E-state index in [2.05, 4.69) is 0 Å². The van der Waals surface area contributed by atoms with E-state index in [4.69, 9.17) is 14.2 Å². The van der Waals surface area contributed by atoms with Crippen molar-refractivity contribution < 1.29 is 23.8 Å². The van der Waals surface area contributed by atoms with Crippen molar-refractivity contribution in [3.63, 3.8) is 0 Å². The molecular weight excluding hydrogens is 454 g/mol. The van der Waals surface area contributed by atoms with Crippen LogP contribution in [0.15, 0.2) is 102 Å². The van der Waals surface area contributed by atoms with Crippen molar-refractivity contribution in [1.82, 2.24) is 0 Å². The minimum atomic E-state index is -0.598. The van der Waals surface area contributed by atoms with Gasteiger partial charge in [-0.25, -0.2) is 9.59 Å². The van der Waals surface area contributed by atoms with Crippen LogP contribution in [0.5, 0.6) is 5.75 Å². The van der Waals surface area contributed by atoms with Gasteiger partial charge in [0, 0.05) is 11.6 Å². The van der Waals surface area contributed by atoms with Crippen LogP contribution >= 0.6 is 0 Å². The van der Waals surface area contributed by atoms with Crippen LogP contribution in [0.1, 0.15) is 30.9 Å². The Morgan fingerprint density at radius 2 is 1.36 bits per heavy atom. The van der Waals surface area contributed by atoms with Crippen LogP contribution in [0.25, 0.3) is 5.70 Å². The average Bonchev–Trinajstić information content (AvgIpc) is 2.93. The van der Waals surface area contributed by atoms with E-state index in [0.717, 1.165) is 16.8 Å². The van der Waals surface area contributed by atoms with Crippen molar-refractivity contribution in [3.05, 3.63) is 113 Å². The Labute approximate surface area is 211 Å². The number of benzene rings is 3. The Hall–Kier alpha value is -4.32. The van der Waals surface area contributed by atoms with E-state index in [1.807, 2.05) is 91.0 Å². The van der Waals surface area contributed by atoms with Gasteiger partial charge in [0.25, 0.3) is 0 Å². The number of methoxy groups -OCH3 is 1. The number of allylic oxidation sites excluding steroid dienone is 1. The van der Waals surface area contributed by atoms with Crippen LogP contribution in [-0.4, -0.2) is 32.3 Å². The molecule has 0 N–H and O–H groups in total. The summed E-state index contributed by atoms with van der Waals surface area (Å²) in [4.78, 5) is 28.8. The number of nitrogens with zero attached hydrogens (tertiary/aromatic N) is 1. The van der Waals surface area contributed by atoms with E-state index in [9.17, 15) is 9.59 Å². The van der Waals surface area contributed by atoms with Gasteiger partial charge in [0.05, 0.1) is 31.6 Å². The summed E-state index contributed by atoms with van der Waals surface area (Å²) >= 11 is 0. The quantitative estimate of drug-likeness (QED) is 0.382. The third-order valence-electron chi connectivity index (χ3n) is 5.88. The standard InChI is InChI=1S/C30H29NO5/c1-4-35-29(32)27-25(21-12-8-6-9-13-21)20-26(22-14-10-7-11-15-22)31(28(27)30(33)36-5-2)23-16-18-24(34-3)19-17-23/h6-20,25H,4-5H2,1-3H3. The van der Waals surface area contributed by atoms with Crippen molar-refractivity contribution in [2.75, 3.05) is 25.2 Å². The van der Waals surface area contributed by atoms with E-state index in [-0.39, 0.29) is 24.5 Å². The zero-order valence-corrected chi connectivity index (χ0v) is 20.6. The van der Waals surface area contributed by atoms with Gasteiger partial charge in [0.15, 0.2) is 0 Å². The Bertz CT molecular complexity index is 1260. The topological polar surface area (TPSA) is 65.1 Å². The number of rotatable bonds is 8. The predicted molar refractivity (Wildman–Crippen MR) is 139 cm³/mol. The van der Waals surface area contributed by atoms with Crippen LogP contribution in [-0.2, 0) is 19.1 Å². The molecular formula is C30H29NO5. The van der Waals surface area contributed by atoms with Gasteiger partial charge in [-0.05, 0) is 55.3 Å². The summed E-state index contributed by atoms with van der Waals surface area (Å²) in [5, 5.41) is 0. The molecule has 3 aromatic carbocycles. The molecule has 1 atom stereocenters. The number of esters is 2. The van der Waals surface area contributed by atoms with Crippen molar-refractivity contribution in [2.45, 2.75) is 19.8 Å². The number of hydrogen-bond acceptors (Lipinski definition) is 6. The molecule has 1 unspecified atom stereocenters. The van der Waals surface area contributed by atoms with Gasteiger partial charge in [0.1, 0.15) is 11.4 Å². The van der Waals surface area contributed by atoms with E-state index in [1.54, 1.807) is 25.9 Å². The fourth-order valence-corrected chi connectivity index (χ4v) is 4.29. The highest BCUT2D eigenvalue weighted by molar-refractivity contribution is 6.09. The number of ether oxygens (including phenoxy) is 3. The minimum Gasteiger partial charge on any atom is -0.497 e. The maximum Gasteiger partial charge on any atom is 0.355 e. The van der Waals surface area contributed by atoms with Crippen LogP contribution in [0.2, 0.25) is 0 Å². The smallest absolute Gasteiger partial charge is 0.355 e. The molecule has 1 aliphatic heterocycles. The summed E-state index contributed by atoms with van der Waals surface area (Å²) in [5.41, 5.74) is 3.56. The van der Waals surface area contributed by atoms with Crippen LogP contribution in [0.3, 0.4) is 0 Å². The lowest BCUT2D eigenvalue weighted by molar-refractivity contribution is -0.142. The van der Waals surface area contributed by atoms with Gasteiger partial charge in [0.2, 0.25) is 0 Å². The second-order valence-electron chi connectivity index (χ2n) is 8.04. The van der Waals surface area contributed by atoms with Crippen LogP contribution in [0.4, 0.5) is 5.69 Å². The van der Waals surface area contributed by atoms with Gasteiger partial charge >= 0.3 is 11.9 Å². The fourth-order valence-electron chi connectivity index (χ4n) is 4.29. The maximum atomic E-state index is 13.6. The highest BCUT2D eigenvalue weighted by Crippen LogP contribution is 2.43. The second kappa shape index (κ2) is 11.4. The van der Waals surface area contributed by atoms with Gasteiger partial charge in [-0.2, -0.15) is 0 Å². The molecule has 6 nitrogen and oxygen atoms in total. The summed E-state index contributed by atoms with van der Waals surface area (Å²) in [6.45, 7) is 3.83. The maximum absolute atomic E-state index is 13.6. The molecule has 4 rings (SSSR count). The molecule has 184 valence electrons. The van der Waals surface area contributed by atoms with Crippen molar-refractivity contribution in [3.8, 4) is 5.75 Å². The van der Waals surface area contributed by atoms with Gasteiger partial charge in [-0.15, -0.1) is 0 Å². The van der Waals surface area contributed by atoms with E-state index < -0.39 is 17.9 Å². The number of carbonyl (C=O) groups excluding carboxylic acids is 2. The van der Waals surface area contributed by atoms with E-state index >= 15 is 0 Å². The molecule has 3 aromatic rings. The molecule has 0 saturated carbocycles. The lowest BCUT2D eigenvalue weighted by Gasteiger charge is -2.36. The van der Waals surface area contributed by atoms with E-state index in [0.29, 0.717) is 11.4 Å². The fraction of sp³-hybridized carbons (Fsp3) is 0.200. The number of carbonyl (C=O) groups is 2. The lowest BCUT2D eigenvalue weighted by atomic mass is 9.84.